The monoisotopic (exact) mass is 385 g/mol. The minimum Gasteiger partial charge on any atom is -0.336 e. The Hall–Kier alpha value is -3.54. The molecule has 0 saturated heterocycles. The highest BCUT2D eigenvalue weighted by Crippen LogP contribution is 2.25. The van der Waals surface area contributed by atoms with Gasteiger partial charge in [-0.15, -0.1) is 0 Å². The van der Waals surface area contributed by atoms with E-state index in [0.717, 1.165) is 46.4 Å². The van der Waals surface area contributed by atoms with Crippen molar-refractivity contribution in [3.8, 4) is 11.3 Å². The average Bonchev–Trinajstić information content (AvgIpc) is 3.20. The van der Waals surface area contributed by atoms with Gasteiger partial charge < -0.3 is 4.90 Å². The summed E-state index contributed by atoms with van der Waals surface area (Å²) in [5, 5.41) is 8.19. The van der Waals surface area contributed by atoms with Crippen molar-refractivity contribution in [2.45, 2.75) is 26.3 Å². The normalized spacial score (nSPS) is 11.0. The van der Waals surface area contributed by atoms with Crippen molar-refractivity contribution in [1.29, 1.82) is 0 Å². The molecule has 29 heavy (non-hydrogen) atoms. The lowest BCUT2D eigenvalue weighted by molar-refractivity contribution is 0.0785. The quantitative estimate of drug-likeness (QED) is 0.539. The first kappa shape index (κ1) is 18.8. The van der Waals surface area contributed by atoms with E-state index in [2.05, 4.69) is 22.1 Å². The molecule has 3 heterocycles. The molecule has 1 aromatic carbocycles. The summed E-state index contributed by atoms with van der Waals surface area (Å²) in [6.45, 7) is 2.59. The van der Waals surface area contributed by atoms with Gasteiger partial charge in [0.15, 0.2) is 0 Å². The number of rotatable bonds is 6. The zero-order valence-electron chi connectivity index (χ0n) is 16.6. The fourth-order valence-electron chi connectivity index (χ4n) is 3.42. The number of H-pyrrole nitrogens is 1. The summed E-state index contributed by atoms with van der Waals surface area (Å²) in [6, 6.07) is 15.4. The van der Waals surface area contributed by atoms with E-state index >= 15 is 0 Å². The van der Waals surface area contributed by atoms with E-state index in [9.17, 15) is 4.79 Å². The molecule has 0 radical (unpaired) electrons. The molecule has 0 fully saturated rings. The summed E-state index contributed by atoms with van der Waals surface area (Å²) >= 11 is 0. The third-order valence-corrected chi connectivity index (χ3v) is 4.85. The lowest BCUT2D eigenvalue weighted by atomic mass is 10.0. The number of benzene rings is 1. The molecule has 0 aliphatic carbocycles. The number of carbonyl (C=O) groups is 1. The van der Waals surface area contributed by atoms with E-state index < -0.39 is 0 Å². The lowest BCUT2D eigenvalue weighted by Crippen LogP contribution is -2.26. The molecule has 1 amide bonds. The van der Waals surface area contributed by atoms with E-state index in [0.29, 0.717) is 12.1 Å². The zero-order chi connectivity index (χ0) is 20.2. The maximum absolute atomic E-state index is 13.3. The molecule has 6 heteroatoms. The van der Waals surface area contributed by atoms with Crippen molar-refractivity contribution >= 4 is 16.8 Å². The summed E-state index contributed by atoms with van der Waals surface area (Å²) < 4.78 is 0. The Morgan fingerprint density at radius 3 is 2.79 bits per heavy atom. The number of aromatic nitrogens is 4. The third kappa shape index (κ3) is 4.01. The molecule has 0 unspecified atom stereocenters. The molecule has 0 aliphatic heterocycles. The van der Waals surface area contributed by atoms with Crippen molar-refractivity contribution in [3.63, 3.8) is 0 Å². The van der Waals surface area contributed by atoms with Gasteiger partial charge in [0.05, 0.1) is 34.7 Å². The van der Waals surface area contributed by atoms with Crippen molar-refractivity contribution in [2.75, 3.05) is 7.05 Å². The highest BCUT2D eigenvalue weighted by Gasteiger charge is 2.18. The molecular formula is C23H23N5O. The minimum absolute atomic E-state index is 0.0552. The summed E-state index contributed by atoms with van der Waals surface area (Å²) in [6.07, 6.45) is 5.45. The summed E-state index contributed by atoms with van der Waals surface area (Å²) in [5.74, 6) is -0.0552. The molecule has 0 saturated carbocycles. The number of pyridine rings is 2. The van der Waals surface area contributed by atoms with E-state index in [1.807, 2.05) is 55.6 Å². The van der Waals surface area contributed by atoms with Crippen molar-refractivity contribution in [2.24, 2.45) is 0 Å². The number of hydrogen-bond acceptors (Lipinski definition) is 4. The Balaban J connectivity index is 1.68. The molecular weight excluding hydrogens is 362 g/mol. The Kier molecular flexibility index (Phi) is 5.33. The molecule has 1 N–H and O–H groups in total. The molecule has 4 rings (SSSR count). The Bertz CT molecular complexity index is 1140. The largest absolute Gasteiger partial charge is 0.336 e. The van der Waals surface area contributed by atoms with Gasteiger partial charge in [-0.1, -0.05) is 31.5 Å². The van der Waals surface area contributed by atoms with Gasteiger partial charge in [-0.3, -0.25) is 14.9 Å². The molecule has 0 bridgehead atoms. The van der Waals surface area contributed by atoms with Crippen LogP contribution in [0.25, 0.3) is 22.2 Å². The number of carbonyl (C=O) groups excluding carboxylic acids is 1. The van der Waals surface area contributed by atoms with E-state index in [4.69, 9.17) is 4.98 Å². The molecule has 4 aromatic rings. The molecule has 0 aliphatic rings. The maximum Gasteiger partial charge on any atom is 0.254 e. The number of hydrogen-bond donors (Lipinski definition) is 1. The molecule has 0 spiro atoms. The number of nitrogens with zero attached hydrogens (tertiary/aromatic N) is 4. The molecule has 146 valence electrons. The minimum atomic E-state index is -0.0552. The van der Waals surface area contributed by atoms with E-state index in [1.54, 1.807) is 17.3 Å². The molecule has 6 nitrogen and oxygen atoms in total. The number of nitrogens with one attached hydrogen (secondary N) is 1. The van der Waals surface area contributed by atoms with Gasteiger partial charge in [-0.25, -0.2) is 4.98 Å². The maximum atomic E-state index is 13.3. The number of para-hydroxylation sites is 1. The van der Waals surface area contributed by atoms with E-state index in [1.165, 1.54) is 0 Å². The first-order valence-corrected chi connectivity index (χ1v) is 9.74. The standard InChI is InChI=1S/C23H23N5O/c1-3-7-17-12-18(27-26-17)15-28(2)23(29)20-13-22(16-8-6-11-24-14-16)25-21-10-5-4-9-19(20)21/h4-6,8-14H,3,7,15H2,1-2H3,(H,26,27). The van der Waals surface area contributed by atoms with Crippen LogP contribution in [-0.2, 0) is 13.0 Å². The summed E-state index contributed by atoms with van der Waals surface area (Å²) in [5.41, 5.74) is 4.99. The Labute approximate surface area is 169 Å². The van der Waals surface area contributed by atoms with Crippen LogP contribution in [-0.4, -0.2) is 38.0 Å². The van der Waals surface area contributed by atoms with Gasteiger partial charge in [0.25, 0.3) is 5.91 Å². The van der Waals surface area contributed by atoms with Crippen LogP contribution in [0.2, 0.25) is 0 Å². The second kappa shape index (κ2) is 8.22. The molecule has 3 aromatic heterocycles. The van der Waals surface area contributed by atoms with Gasteiger partial charge >= 0.3 is 0 Å². The number of fused-ring (bicyclic) bond motifs is 1. The van der Waals surface area contributed by atoms with Gasteiger partial charge in [0.2, 0.25) is 0 Å². The predicted molar refractivity (Wildman–Crippen MR) is 113 cm³/mol. The van der Waals surface area contributed by atoms with Gasteiger partial charge in [-0.2, -0.15) is 5.10 Å². The first-order valence-electron chi connectivity index (χ1n) is 9.74. The van der Waals surface area contributed by atoms with Gasteiger partial charge in [-0.05, 0) is 36.8 Å². The lowest BCUT2D eigenvalue weighted by Gasteiger charge is -2.18. The first-order chi connectivity index (χ1) is 14.2. The van der Waals surface area contributed by atoms with Gasteiger partial charge in [0.1, 0.15) is 0 Å². The van der Waals surface area contributed by atoms with Crippen LogP contribution < -0.4 is 0 Å². The number of aromatic amines is 1. The fraction of sp³-hybridized carbons (Fsp3) is 0.217. The smallest absolute Gasteiger partial charge is 0.254 e. The molecule has 0 atom stereocenters. The van der Waals surface area contributed by atoms with Crippen LogP contribution >= 0.6 is 0 Å². The predicted octanol–water partition coefficient (Wildman–Crippen LogP) is 4.24. The highest BCUT2D eigenvalue weighted by molar-refractivity contribution is 6.07. The van der Waals surface area contributed by atoms with Gasteiger partial charge in [0, 0.05) is 30.4 Å². The zero-order valence-corrected chi connectivity index (χ0v) is 16.6. The van der Waals surface area contributed by atoms with Crippen LogP contribution in [0.3, 0.4) is 0 Å². The van der Waals surface area contributed by atoms with Crippen LogP contribution in [0, 0.1) is 0 Å². The van der Waals surface area contributed by atoms with Crippen LogP contribution in [0.15, 0.2) is 60.9 Å². The number of aryl methyl sites for hydroxylation is 1. The topological polar surface area (TPSA) is 74.8 Å². The Morgan fingerprint density at radius 2 is 2.00 bits per heavy atom. The third-order valence-electron chi connectivity index (χ3n) is 4.85. The number of amides is 1. The van der Waals surface area contributed by atoms with E-state index in [-0.39, 0.29) is 5.91 Å². The van der Waals surface area contributed by atoms with Crippen molar-refractivity contribution < 1.29 is 4.79 Å². The fourth-order valence-corrected chi connectivity index (χ4v) is 3.42. The highest BCUT2D eigenvalue weighted by atomic mass is 16.2. The average molecular weight is 385 g/mol. The van der Waals surface area contributed by atoms with Crippen LogP contribution in [0.5, 0.6) is 0 Å². The summed E-state index contributed by atoms with van der Waals surface area (Å²) in [4.78, 5) is 23.9. The van der Waals surface area contributed by atoms with Crippen molar-refractivity contribution in [1.82, 2.24) is 25.1 Å². The van der Waals surface area contributed by atoms with Crippen LogP contribution in [0.1, 0.15) is 35.1 Å². The van der Waals surface area contributed by atoms with Crippen molar-refractivity contribution in [3.05, 3.63) is 77.9 Å². The second-order valence-corrected chi connectivity index (χ2v) is 7.11. The Morgan fingerprint density at radius 1 is 1.14 bits per heavy atom. The van der Waals surface area contributed by atoms with Crippen LogP contribution in [0.4, 0.5) is 0 Å². The summed E-state index contributed by atoms with van der Waals surface area (Å²) in [7, 11) is 1.81. The SMILES string of the molecule is CCCc1cc(CN(C)C(=O)c2cc(-c3cccnc3)nc3ccccc23)[nH]n1. The second-order valence-electron chi connectivity index (χ2n) is 7.11.